The van der Waals surface area contributed by atoms with Gasteiger partial charge in [0.15, 0.2) is 0 Å². The van der Waals surface area contributed by atoms with Crippen LogP contribution >= 0.6 is 22.6 Å². The van der Waals surface area contributed by atoms with Crippen LogP contribution in [-0.4, -0.2) is 16.5 Å². The first-order valence-corrected chi connectivity index (χ1v) is 7.21. The molecule has 1 aromatic carbocycles. The van der Waals surface area contributed by atoms with Crippen molar-refractivity contribution in [1.29, 1.82) is 0 Å². The van der Waals surface area contributed by atoms with Crippen LogP contribution < -0.4 is 5.32 Å². The first-order valence-electron chi connectivity index (χ1n) is 6.13. The summed E-state index contributed by atoms with van der Waals surface area (Å²) in [5.41, 5.74) is 2.80. The van der Waals surface area contributed by atoms with Gasteiger partial charge in [0.2, 0.25) is 0 Å². The molecule has 3 rings (SSSR count). The maximum atomic E-state index is 4.65. The molecule has 1 heterocycles. The largest absolute Gasteiger partial charge is 0.369 e. The Hall–Kier alpha value is -1.17. The van der Waals surface area contributed by atoms with Crippen LogP contribution in [0.3, 0.4) is 0 Å². The number of benzene rings is 1. The van der Waals surface area contributed by atoms with E-state index in [0.717, 1.165) is 28.2 Å². The summed E-state index contributed by atoms with van der Waals surface area (Å²) in [6.07, 6.45) is 2.96. The normalized spacial score (nSPS) is 16.9. The molecule has 0 fully saturated rings. The van der Waals surface area contributed by atoms with E-state index in [1.807, 2.05) is 6.20 Å². The van der Waals surface area contributed by atoms with Crippen molar-refractivity contribution in [2.45, 2.75) is 19.3 Å². The zero-order chi connectivity index (χ0) is 12.5. The van der Waals surface area contributed by atoms with Crippen LogP contribution in [0.1, 0.15) is 29.8 Å². The molecule has 1 unspecified atom stereocenters. The second-order valence-electron chi connectivity index (χ2n) is 4.41. The van der Waals surface area contributed by atoms with Gasteiger partial charge in [-0.05, 0) is 47.1 Å². The van der Waals surface area contributed by atoms with Crippen molar-refractivity contribution in [1.82, 2.24) is 9.97 Å². The van der Waals surface area contributed by atoms with Crippen LogP contribution in [0.4, 0.5) is 5.82 Å². The Morgan fingerprint density at radius 2 is 2.22 bits per heavy atom. The first kappa shape index (κ1) is 11.9. The smallest absolute Gasteiger partial charge is 0.143 e. The number of hydrogen-bond donors (Lipinski definition) is 1. The van der Waals surface area contributed by atoms with Crippen molar-refractivity contribution in [3.8, 4) is 0 Å². The number of hydrogen-bond acceptors (Lipinski definition) is 3. The van der Waals surface area contributed by atoms with Gasteiger partial charge in [-0.15, -0.1) is 0 Å². The highest BCUT2D eigenvalue weighted by atomic mass is 127. The van der Waals surface area contributed by atoms with E-state index in [0.29, 0.717) is 5.92 Å². The number of halogens is 1. The van der Waals surface area contributed by atoms with Gasteiger partial charge in [0.05, 0.1) is 3.57 Å². The van der Waals surface area contributed by atoms with Gasteiger partial charge in [0.1, 0.15) is 11.6 Å². The minimum Gasteiger partial charge on any atom is -0.369 e. The maximum Gasteiger partial charge on any atom is 0.143 e. The molecule has 1 aliphatic rings. The molecule has 1 aliphatic carbocycles. The molecule has 0 bridgehead atoms. The van der Waals surface area contributed by atoms with E-state index < -0.39 is 0 Å². The second-order valence-corrected chi connectivity index (χ2v) is 5.57. The summed E-state index contributed by atoms with van der Waals surface area (Å²) in [4.78, 5) is 9.14. The average molecular weight is 351 g/mol. The van der Waals surface area contributed by atoms with Crippen LogP contribution in [0, 0.1) is 3.57 Å². The third-order valence-corrected chi connectivity index (χ3v) is 4.06. The monoisotopic (exact) mass is 351 g/mol. The molecular weight excluding hydrogens is 337 g/mol. The highest BCUT2D eigenvalue weighted by molar-refractivity contribution is 14.1. The molecule has 0 amide bonds. The van der Waals surface area contributed by atoms with E-state index in [9.17, 15) is 0 Å². The van der Waals surface area contributed by atoms with E-state index in [2.05, 4.69) is 69.1 Å². The molecule has 0 spiro atoms. The van der Waals surface area contributed by atoms with Crippen molar-refractivity contribution in [3.63, 3.8) is 0 Å². The van der Waals surface area contributed by atoms with Gasteiger partial charge in [-0.25, -0.2) is 9.97 Å². The van der Waals surface area contributed by atoms with Gasteiger partial charge in [0.25, 0.3) is 0 Å². The molecule has 0 radical (unpaired) electrons. The van der Waals surface area contributed by atoms with E-state index in [-0.39, 0.29) is 0 Å². The Kier molecular flexibility index (Phi) is 3.20. The van der Waals surface area contributed by atoms with Gasteiger partial charge in [-0.2, -0.15) is 0 Å². The first-order chi connectivity index (χ1) is 8.79. The Balaban J connectivity index is 1.93. The number of rotatable bonds is 3. The van der Waals surface area contributed by atoms with Crippen molar-refractivity contribution in [2.24, 2.45) is 0 Å². The van der Waals surface area contributed by atoms with Crippen LogP contribution in [0.2, 0.25) is 0 Å². The van der Waals surface area contributed by atoms with Crippen molar-refractivity contribution in [3.05, 3.63) is 51.0 Å². The van der Waals surface area contributed by atoms with Crippen LogP contribution in [0.15, 0.2) is 30.5 Å². The summed E-state index contributed by atoms with van der Waals surface area (Å²) in [6.45, 7) is 2.96. The Labute approximate surface area is 120 Å². The number of nitrogens with one attached hydrogen (secondary N) is 1. The predicted molar refractivity (Wildman–Crippen MR) is 80.9 cm³/mol. The fourth-order valence-corrected chi connectivity index (χ4v) is 2.78. The number of aromatic nitrogens is 2. The molecular formula is C14H14IN3. The minimum atomic E-state index is 0.371. The topological polar surface area (TPSA) is 37.8 Å². The van der Waals surface area contributed by atoms with E-state index in [1.54, 1.807) is 0 Å². The van der Waals surface area contributed by atoms with Crippen molar-refractivity contribution in [2.75, 3.05) is 11.9 Å². The summed E-state index contributed by atoms with van der Waals surface area (Å²) in [7, 11) is 0. The molecule has 1 atom stereocenters. The Morgan fingerprint density at radius 1 is 1.39 bits per heavy atom. The Bertz CT molecular complexity index is 583. The van der Waals surface area contributed by atoms with E-state index in [1.165, 1.54) is 11.1 Å². The zero-order valence-corrected chi connectivity index (χ0v) is 12.3. The average Bonchev–Trinajstić information content (AvgIpc) is 2.35. The summed E-state index contributed by atoms with van der Waals surface area (Å²) in [6, 6.07) is 8.54. The van der Waals surface area contributed by atoms with Crippen LogP contribution in [0.25, 0.3) is 0 Å². The molecule has 0 saturated carbocycles. The molecule has 0 saturated heterocycles. The summed E-state index contributed by atoms with van der Waals surface area (Å²) in [5, 5.41) is 3.28. The van der Waals surface area contributed by atoms with Gasteiger partial charge >= 0.3 is 0 Å². The molecule has 3 nitrogen and oxygen atoms in total. The number of fused-ring (bicyclic) bond motifs is 1. The summed E-state index contributed by atoms with van der Waals surface area (Å²) in [5.74, 6) is 2.26. The molecule has 92 valence electrons. The fourth-order valence-electron chi connectivity index (χ4n) is 2.33. The van der Waals surface area contributed by atoms with Gasteiger partial charge < -0.3 is 5.32 Å². The van der Waals surface area contributed by atoms with Gasteiger partial charge in [-0.1, -0.05) is 24.3 Å². The molecule has 1 N–H and O–H groups in total. The molecule has 2 aromatic rings. The quantitative estimate of drug-likeness (QED) is 0.863. The fraction of sp³-hybridized carbons (Fsp3) is 0.286. The molecule has 4 heteroatoms. The lowest BCUT2D eigenvalue weighted by molar-refractivity contribution is 0.659. The van der Waals surface area contributed by atoms with Crippen molar-refractivity contribution < 1.29 is 0 Å². The lowest BCUT2D eigenvalue weighted by Crippen LogP contribution is -2.21. The lowest BCUT2D eigenvalue weighted by Gasteiger charge is -2.29. The van der Waals surface area contributed by atoms with E-state index in [4.69, 9.17) is 0 Å². The third-order valence-electron chi connectivity index (χ3n) is 3.27. The summed E-state index contributed by atoms with van der Waals surface area (Å²) >= 11 is 2.27. The predicted octanol–water partition coefficient (Wildman–Crippen LogP) is 3.20. The standard InChI is InChI=1S/C14H14IN3/c1-2-16-14-12(15)8-17-13(18-14)11-7-9-5-3-4-6-10(9)11/h3-6,8,11H,2,7H2,1H3,(H,16,17,18). The maximum absolute atomic E-state index is 4.65. The van der Waals surface area contributed by atoms with Crippen LogP contribution in [0.5, 0.6) is 0 Å². The zero-order valence-electron chi connectivity index (χ0n) is 10.2. The molecule has 0 aliphatic heterocycles. The SMILES string of the molecule is CCNc1nc(C2Cc3ccccc32)ncc1I. The Morgan fingerprint density at radius 3 is 3.00 bits per heavy atom. The highest BCUT2D eigenvalue weighted by Gasteiger charge is 2.29. The lowest BCUT2D eigenvalue weighted by atomic mass is 9.77. The van der Waals surface area contributed by atoms with Gasteiger partial charge in [0, 0.05) is 18.7 Å². The number of anilines is 1. The highest BCUT2D eigenvalue weighted by Crippen LogP contribution is 2.38. The van der Waals surface area contributed by atoms with E-state index >= 15 is 0 Å². The summed E-state index contributed by atoms with van der Waals surface area (Å²) < 4.78 is 1.07. The molecule has 18 heavy (non-hydrogen) atoms. The second kappa shape index (κ2) is 4.84. The molecule has 1 aromatic heterocycles. The van der Waals surface area contributed by atoms with Gasteiger partial charge in [-0.3, -0.25) is 0 Å². The minimum absolute atomic E-state index is 0.371. The number of nitrogens with zero attached hydrogens (tertiary/aromatic N) is 2. The van der Waals surface area contributed by atoms with Crippen molar-refractivity contribution >= 4 is 28.4 Å². The third kappa shape index (κ3) is 1.98. The van der Waals surface area contributed by atoms with Crippen LogP contribution in [-0.2, 0) is 6.42 Å².